The van der Waals surface area contributed by atoms with Crippen LogP contribution in [-0.2, 0) is 6.42 Å². The summed E-state index contributed by atoms with van der Waals surface area (Å²) in [5.41, 5.74) is 1.68. The molecule has 0 bridgehead atoms. The van der Waals surface area contributed by atoms with Gasteiger partial charge < -0.3 is 9.32 Å². The molecule has 0 aliphatic carbocycles. The van der Waals surface area contributed by atoms with Crippen LogP contribution in [0.4, 0.5) is 5.13 Å². The van der Waals surface area contributed by atoms with Gasteiger partial charge in [-0.1, -0.05) is 12.1 Å². The Balaban J connectivity index is 1.39. The zero-order valence-electron chi connectivity index (χ0n) is 16.1. The minimum absolute atomic E-state index is 0.299. The van der Waals surface area contributed by atoms with E-state index in [1.807, 2.05) is 6.07 Å². The van der Waals surface area contributed by atoms with Gasteiger partial charge in [0.15, 0.2) is 0 Å². The maximum atomic E-state index is 12.5. The Labute approximate surface area is 173 Å². The molecule has 8 heteroatoms. The number of nitrogens with zero attached hydrogens (tertiary/aromatic N) is 4. The molecule has 1 fully saturated rings. The number of hydrogen-bond acceptors (Lipinski definition) is 7. The van der Waals surface area contributed by atoms with Gasteiger partial charge in [-0.25, -0.2) is 4.98 Å². The van der Waals surface area contributed by atoms with E-state index >= 15 is 0 Å². The summed E-state index contributed by atoms with van der Waals surface area (Å²) in [7, 11) is 0. The molecular formula is C21H21N5O2S. The fraction of sp³-hybridized carbons (Fsp3) is 0.333. The summed E-state index contributed by atoms with van der Waals surface area (Å²) < 4.78 is 9.90. The summed E-state index contributed by atoms with van der Waals surface area (Å²) in [5.74, 6) is 0.988. The number of anilines is 1. The van der Waals surface area contributed by atoms with Crippen molar-refractivity contribution in [2.24, 2.45) is 0 Å². The molecule has 1 aliphatic heterocycles. The predicted octanol–water partition coefficient (Wildman–Crippen LogP) is 3.95. The quantitative estimate of drug-likeness (QED) is 0.665. The number of nitriles is 1. The monoisotopic (exact) mass is 407 g/mol. The highest BCUT2D eigenvalue weighted by Crippen LogP contribution is 2.24. The van der Waals surface area contributed by atoms with Crippen LogP contribution in [0.1, 0.15) is 41.5 Å². The van der Waals surface area contributed by atoms with E-state index in [0.29, 0.717) is 28.1 Å². The van der Waals surface area contributed by atoms with Crippen molar-refractivity contribution >= 4 is 22.6 Å². The fourth-order valence-corrected chi connectivity index (χ4v) is 4.07. The maximum Gasteiger partial charge on any atom is 0.260 e. The first-order chi connectivity index (χ1) is 14.1. The zero-order valence-corrected chi connectivity index (χ0v) is 16.9. The van der Waals surface area contributed by atoms with Gasteiger partial charge in [-0.2, -0.15) is 9.64 Å². The minimum atomic E-state index is -0.299. The van der Waals surface area contributed by atoms with Crippen LogP contribution in [0.5, 0.6) is 0 Å². The van der Waals surface area contributed by atoms with E-state index in [1.165, 1.54) is 30.6 Å². The SMILES string of the molecule is CC(Cc1nsc(NC(=O)c2coc(-c3cccc(C#N)c3)c2)n1)N1CCCC1. The number of amides is 1. The van der Waals surface area contributed by atoms with Crippen molar-refractivity contribution in [1.82, 2.24) is 14.3 Å². The Hall–Kier alpha value is -3.02. The summed E-state index contributed by atoms with van der Waals surface area (Å²) in [6.07, 6.45) is 4.69. The molecule has 1 saturated heterocycles. The molecule has 148 valence electrons. The fourth-order valence-electron chi connectivity index (χ4n) is 3.48. The van der Waals surface area contributed by atoms with Gasteiger partial charge in [-0.15, -0.1) is 0 Å². The first-order valence-electron chi connectivity index (χ1n) is 9.59. The van der Waals surface area contributed by atoms with Crippen LogP contribution in [0.25, 0.3) is 11.3 Å². The van der Waals surface area contributed by atoms with E-state index in [-0.39, 0.29) is 5.91 Å². The molecule has 3 heterocycles. The molecule has 29 heavy (non-hydrogen) atoms. The summed E-state index contributed by atoms with van der Waals surface area (Å²) in [4.78, 5) is 19.4. The standard InChI is InChI=1S/C21H21N5O2S/c1-14(26-7-2-3-8-26)9-19-23-21(29-25-19)24-20(27)17-11-18(28-13-17)16-6-4-5-15(10-16)12-22/h4-6,10-11,13-14H,2-3,7-9H2,1H3,(H,23,24,25,27). The Kier molecular flexibility index (Phi) is 5.69. The molecule has 3 aromatic rings. The van der Waals surface area contributed by atoms with Gasteiger partial charge >= 0.3 is 0 Å². The third-order valence-corrected chi connectivity index (χ3v) is 5.74. The number of likely N-dealkylation sites (tertiary alicyclic amines) is 1. The van der Waals surface area contributed by atoms with Gasteiger partial charge in [0.25, 0.3) is 5.91 Å². The number of benzene rings is 1. The molecule has 2 aromatic heterocycles. The average Bonchev–Trinajstić information content (AvgIpc) is 3.49. The van der Waals surface area contributed by atoms with E-state index in [4.69, 9.17) is 9.68 Å². The summed E-state index contributed by atoms with van der Waals surface area (Å²) in [5, 5.41) is 12.3. The van der Waals surface area contributed by atoms with Crippen LogP contribution < -0.4 is 5.32 Å². The third-order valence-electron chi connectivity index (χ3n) is 5.07. The lowest BCUT2D eigenvalue weighted by Gasteiger charge is -2.22. The van der Waals surface area contributed by atoms with Gasteiger partial charge in [-0.3, -0.25) is 10.1 Å². The highest BCUT2D eigenvalue weighted by atomic mass is 32.1. The summed E-state index contributed by atoms with van der Waals surface area (Å²) in [6, 6.07) is 11.2. The number of hydrogen-bond donors (Lipinski definition) is 1. The first kappa shape index (κ1) is 19.3. The van der Waals surface area contributed by atoms with Crippen molar-refractivity contribution in [3.63, 3.8) is 0 Å². The second-order valence-electron chi connectivity index (χ2n) is 7.16. The molecule has 4 rings (SSSR count). The number of nitrogens with one attached hydrogen (secondary N) is 1. The topological polar surface area (TPSA) is 95.0 Å². The molecule has 1 N–H and O–H groups in total. The highest BCUT2D eigenvalue weighted by Gasteiger charge is 2.20. The van der Waals surface area contributed by atoms with Crippen molar-refractivity contribution in [2.75, 3.05) is 18.4 Å². The minimum Gasteiger partial charge on any atom is -0.464 e. The molecule has 1 unspecified atom stereocenters. The molecular weight excluding hydrogens is 386 g/mol. The van der Waals surface area contributed by atoms with Crippen LogP contribution in [0.3, 0.4) is 0 Å². The van der Waals surface area contributed by atoms with Crippen molar-refractivity contribution in [3.05, 3.63) is 53.5 Å². The zero-order chi connectivity index (χ0) is 20.2. The maximum absolute atomic E-state index is 12.5. The molecule has 1 atom stereocenters. The highest BCUT2D eigenvalue weighted by molar-refractivity contribution is 7.09. The molecule has 0 saturated carbocycles. The van der Waals surface area contributed by atoms with Crippen molar-refractivity contribution in [2.45, 2.75) is 32.2 Å². The van der Waals surface area contributed by atoms with Gasteiger partial charge in [0.2, 0.25) is 5.13 Å². The lowest BCUT2D eigenvalue weighted by molar-refractivity contribution is 0.102. The number of carbonyl (C=O) groups is 1. The van der Waals surface area contributed by atoms with Gasteiger partial charge in [-0.05, 0) is 51.1 Å². The van der Waals surface area contributed by atoms with E-state index in [0.717, 1.165) is 30.9 Å². The lowest BCUT2D eigenvalue weighted by atomic mass is 10.1. The van der Waals surface area contributed by atoms with Crippen LogP contribution >= 0.6 is 11.5 Å². The van der Waals surface area contributed by atoms with E-state index < -0.39 is 0 Å². The second kappa shape index (κ2) is 8.55. The van der Waals surface area contributed by atoms with Crippen molar-refractivity contribution in [1.29, 1.82) is 5.26 Å². The lowest BCUT2D eigenvalue weighted by Crippen LogP contribution is -2.32. The van der Waals surface area contributed by atoms with E-state index in [9.17, 15) is 4.79 Å². The molecule has 0 spiro atoms. The number of aromatic nitrogens is 2. The van der Waals surface area contributed by atoms with E-state index in [2.05, 4.69) is 32.6 Å². The Morgan fingerprint density at radius 3 is 3.00 bits per heavy atom. The van der Waals surface area contributed by atoms with E-state index in [1.54, 1.807) is 24.3 Å². The number of furan rings is 1. The van der Waals surface area contributed by atoms with Crippen LogP contribution in [0.15, 0.2) is 41.0 Å². The van der Waals surface area contributed by atoms with Crippen molar-refractivity contribution < 1.29 is 9.21 Å². The smallest absolute Gasteiger partial charge is 0.260 e. The molecule has 0 radical (unpaired) electrons. The van der Waals surface area contributed by atoms with Crippen LogP contribution in [0, 0.1) is 11.3 Å². The molecule has 1 amide bonds. The van der Waals surface area contributed by atoms with Crippen LogP contribution in [-0.4, -0.2) is 39.3 Å². The first-order valence-corrected chi connectivity index (χ1v) is 10.4. The van der Waals surface area contributed by atoms with Crippen molar-refractivity contribution in [3.8, 4) is 17.4 Å². The van der Waals surface area contributed by atoms with Gasteiger partial charge in [0.05, 0.1) is 17.2 Å². The van der Waals surface area contributed by atoms with Gasteiger partial charge in [0, 0.05) is 29.6 Å². The average molecular weight is 407 g/mol. The molecule has 1 aliphatic rings. The third kappa shape index (κ3) is 4.53. The second-order valence-corrected chi connectivity index (χ2v) is 7.91. The predicted molar refractivity (Wildman–Crippen MR) is 111 cm³/mol. The number of rotatable bonds is 6. The Morgan fingerprint density at radius 2 is 2.21 bits per heavy atom. The Morgan fingerprint density at radius 1 is 1.38 bits per heavy atom. The summed E-state index contributed by atoms with van der Waals surface area (Å²) >= 11 is 1.19. The normalized spacial score (nSPS) is 15.2. The molecule has 7 nitrogen and oxygen atoms in total. The summed E-state index contributed by atoms with van der Waals surface area (Å²) in [6.45, 7) is 4.46. The Bertz CT molecular complexity index is 1050. The largest absolute Gasteiger partial charge is 0.464 e. The molecule has 1 aromatic carbocycles. The van der Waals surface area contributed by atoms with Crippen LogP contribution in [0.2, 0.25) is 0 Å². The number of carbonyl (C=O) groups excluding carboxylic acids is 1. The van der Waals surface area contributed by atoms with Gasteiger partial charge in [0.1, 0.15) is 17.8 Å².